The number of hydrogen-bond acceptors (Lipinski definition) is 4. The van der Waals surface area contributed by atoms with Gasteiger partial charge in [-0.15, -0.1) is 0 Å². The summed E-state index contributed by atoms with van der Waals surface area (Å²) in [6.07, 6.45) is 6.39. The van der Waals surface area contributed by atoms with E-state index in [1.807, 2.05) is 24.4 Å². The molecule has 128 valence electrons. The minimum atomic E-state index is 0.267. The summed E-state index contributed by atoms with van der Waals surface area (Å²) in [5.41, 5.74) is 3.15. The van der Waals surface area contributed by atoms with Crippen LogP contribution in [0.2, 0.25) is 0 Å². The number of benzene rings is 1. The van der Waals surface area contributed by atoms with Gasteiger partial charge in [0.1, 0.15) is 11.7 Å². The predicted octanol–water partition coefficient (Wildman–Crippen LogP) is 4.36. The van der Waals surface area contributed by atoms with E-state index in [1.165, 1.54) is 25.9 Å². The molecule has 0 aliphatic carbocycles. The van der Waals surface area contributed by atoms with E-state index in [9.17, 15) is 0 Å². The molecule has 3 saturated heterocycles. The van der Waals surface area contributed by atoms with Crippen LogP contribution in [0.1, 0.15) is 19.8 Å². The first-order valence-electron chi connectivity index (χ1n) is 9.12. The average molecular weight is 334 g/mol. The molecule has 0 radical (unpaired) electrons. The third-order valence-electron chi connectivity index (χ3n) is 5.87. The monoisotopic (exact) mass is 334 g/mol. The maximum absolute atomic E-state index is 6.28. The Bertz CT molecular complexity index is 876. The van der Waals surface area contributed by atoms with Crippen LogP contribution in [0.3, 0.4) is 0 Å². The van der Waals surface area contributed by atoms with Gasteiger partial charge in [-0.1, -0.05) is 6.07 Å². The molecular weight excluding hydrogens is 312 g/mol. The maximum Gasteiger partial charge on any atom is 0.213 e. The second-order valence-electron chi connectivity index (χ2n) is 7.25. The lowest BCUT2D eigenvalue weighted by molar-refractivity contribution is -0.0525. The summed E-state index contributed by atoms with van der Waals surface area (Å²) in [5.74, 6) is 1.41. The lowest BCUT2D eigenvalue weighted by Crippen LogP contribution is -2.58. The third-order valence-corrected chi connectivity index (χ3v) is 5.87. The summed E-state index contributed by atoms with van der Waals surface area (Å²) in [4.78, 5) is 7.11. The molecule has 4 nitrogen and oxygen atoms in total. The number of furan rings is 1. The highest BCUT2D eigenvalue weighted by molar-refractivity contribution is 5.83. The topological polar surface area (TPSA) is 38.5 Å². The Morgan fingerprint density at radius 1 is 1.08 bits per heavy atom. The van der Waals surface area contributed by atoms with Gasteiger partial charge in [-0.3, -0.25) is 4.90 Å². The van der Waals surface area contributed by atoms with Crippen LogP contribution in [0, 0.1) is 5.92 Å². The minimum Gasteiger partial charge on any atom is -0.472 e. The molecule has 2 aromatic heterocycles. The van der Waals surface area contributed by atoms with E-state index in [0.717, 1.165) is 28.0 Å². The summed E-state index contributed by atoms with van der Waals surface area (Å²) >= 11 is 0. The lowest BCUT2D eigenvalue weighted by Gasteiger charge is -2.49. The molecule has 3 aromatic rings. The number of nitrogens with zero attached hydrogens (tertiary/aromatic N) is 2. The Morgan fingerprint density at radius 2 is 1.92 bits per heavy atom. The molecule has 3 aliphatic rings. The molecule has 2 bridgehead atoms. The predicted molar refractivity (Wildman–Crippen MR) is 97.6 cm³/mol. The SMILES string of the molecule is CC1C(Oc2ccc(-c3ccc4occc4c3)cn2)C2CCN1CC2. The molecule has 2 unspecified atom stereocenters. The molecule has 3 aliphatic heterocycles. The second kappa shape index (κ2) is 5.88. The average Bonchev–Trinajstić information content (AvgIpc) is 3.13. The quantitative estimate of drug-likeness (QED) is 0.713. The normalized spacial score (nSPS) is 28.4. The van der Waals surface area contributed by atoms with Gasteiger partial charge in [0.25, 0.3) is 0 Å². The van der Waals surface area contributed by atoms with Crippen LogP contribution in [0.15, 0.2) is 53.3 Å². The molecule has 3 fully saturated rings. The van der Waals surface area contributed by atoms with Crippen molar-refractivity contribution in [1.29, 1.82) is 0 Å². The van der Waals surface area contributed by atoms with Crippen LogP contribution in [0.25, 0.3) is 22.1 Å². The van der Waals surface area contributed by atoms with Crippen molar-refractivity contribution in [3.63, 3.8) is 0 Å². The number of aromatic nitrogens is 1. The Morgan fingerprint density at radius 3 is 2.68 bits per heavy atom. The zero-order valence-corrected chi connectivity index (χ0v) is 14.4. The van der Waals surface area contributed by atoms with E-state index >= 15 is 0 Å². The molecule has 1 aromatic carbocycles. The van der Waals surface area contributed by atoms with Crippen LogP contribution in [-0.2, 0) is 0 Å². The number of fused-ring (bicyclic) bond motifs is 4. The van der Waals surface area contributed by atoms with Gasteiger partial charge in [0.2, 0.25) is 5.88 Å². The molecular formula is C21H22N2O2. The number of pyridine rings is 1. The molecule has 0 amide bonds. The molecule has 0 N–H and O–H groups in total. The van der Waals surface area contributed by atoms with Crippen LogP contribution in [-0.4, -0.2) is 35.1 Å². The molecule has 0 spiro atoms. The molecule has 0 saturated carbocycles. The summed E-state index contributed by atoms with van der Waals surface area (Å²) in [6.45, 7) is 4.72. The van der Waals surface area contributed by atoms with Crippen LogP contribution in [0.4, 0.5) is 0 Å². The summed E-state index contributed by atoms with van der Waals surface area (Å²) < 4.78 is 11.7. The van der Waals surface area contributed by atoms with Crippen molar-refractivity contribution in [2.45, 2.75) is 31.9 Å². The van der Waals surface area contributed by atoms with Gasteiger partial charge >= 0.3 is 0 Å². The summed E-state index contributed by atoms with van der Waals surface area (Å²) in [7, 11) is 0. The van der Waals surface area contributed by atoms with Gasteiger partial charge in [0.05, 0.1) is 6.26 Å². The number of piperidine rings is 3. The zero-order chi connectivity index (χ0) is 16.8. The highest BCUT2D eigenvalue weighted by Gasteiger charge is 2.41. The standard InChI is InChI=1S/C21H22N2O2/c1-14-21(15-6-9-23(14)10-7-15)25-20-5-3-18(13-22-20)16-2-4-19-17(12-16)8-11-24-19/h2-5,8,11-15,21H,6-7,9-10H2,1H3. The van der Waals surface area contributed by atoms with Gasteiger partial charge in [0, 0.05) is 29.3 Å². The number of ether oxygens (including phenoxy) is 1. The van der Waals surface area contributed by atoms with Gasteiger partial charge in [-0.2, -0.15) is 0 Å². The summed E-state index contributed by atoms with van der Waals surface area (Å²) in [6, 6.07) is 12.8. The summed E-state index contributed by atoms with van der Waals surface area (Å²) in [5, 5.41) is 1.11. The fourth-order valence-electron chi connectivity index (χ4n) is 4.36. The zero-order valence-electron chi connectivity index (χ0n) is 14.4. The van der Waals surface area contributed by atoms with E-state index in [2.05, 4.69) is 35.0 Å². The Kier molecular flexibility index (Phi) is 3.52. The highest BCUT2D eigenvalue weighted by Crippen LogP contribution is 2.35. The van der Waals surface area contributed by atoms with Crippen molar-refractivity contribution < 1.29 is 9.15 Å². The van der Waals surface area contributed by atoms with Gasteiger partial charge in [-0.05, 0) is 68.6 Å². The first kappa shape index (κ1) is 15.0. The van der Waals surface area contributed by atoms with Gasteiger partial charge < -0.3 is 9.15 Å². The smallest absolute Gasteiger partial charge is 0.213 e. The van der Waals surface area contributed by atoms with E-state index in [4.69, 9.17) is 9.15 Å². The molecule has 2 atom stereocenters. The Labute approximate surface area is 147 Å². The highest BCUT2D eigenvalue weighted by atomic mass is 16.5. The number of rotatable bonds is 3. The molecule has 5 heterocycles. The van der Waals surface area contributed by atoms with Crippen LogP contribution in [0.5, 0.6) is 5.88 Å². The van der Waals surface area contributed by atoms with Crippen LogP contribution < -0.4 is 4.74 Å². The fraction of sp³-hybridized carbons (Fsp3) is 0.381. The Balaban J connectivity index is 1.36. The van der Waals surface area contributed by atoms with Crippen molar-refractivity contribution in [2.75, 3.05) is 13.1 Å². The van der Waals surface area contributed by atoms with Gasteiger partial charge in [0.15, 0.2) is 0 Å². The maximum atomic E-state index is 6.28. The second-order valence-corrected chi connectivity index (χ2v) is 7.25. The lowest BCUT2D eigenvalue weighted by atomic mass is 9.81. The molecule has 6 rings (SSSR count). The van der Waals surface area contributed by atoms with Crippen molar-refractivity contribution in [1.82, 2.24) is 9.88 Å². The van der Waals surface area contributed by atoms with E-state index < -0.39 is 0 Å². The van der Waals surface area contributed by atoms with Crippen molar-refractivity contribution >= 4 is 11.0 Å². The first-order valence-corrected chi connectivity index (χ1v) is 9.12. The first-order chi connectivity index (χ1) is 12.3. The van der Waals surface area contributed by atoms with E-state index in [-0.39, 0.29) is 6.10 Å². The van der Waals surface area contributed by atoms with Crippen molar-refractivity contribution in [2.24, 2.45) is 5.92 Å². The molecule has 4 heteroatoms. The minimum absolute atomic E-state index is 0.267. The van der Waals surface area contributed by atoms with Crippen molar-refractivity contribution in [3.8, 4) is 17.0 Å². The van der Waals surface area contributed by atoms with Crippen LogP contribution >= 0.6 is 0 Å². The fourth-order valence-corrected chi connectivity index (χ4v) is 4.36. The largest absolute Gasteiger partial charge is 0.472 e. The third kappa shape index (κ3) is 2.61. The van der Waals surface area contributed by atoms with Crippen molar-refractivity contribution in [3.05, 3.63) is 48.9 Å². The van der Waals surface area contributed by atoms with E-state index in [0.29, 0.717) is 12.0 Å². The molecule has 25 heavy (non-hydrogen) atoms. The van der Waals surface area contributed by atoms with E-state index in [1.54, 1.807) is 6.26 Å². The number of hydrogen-bond donors (Lipinski definition) is 0. The van der Waals surface area contributed by atoms with Gasteiger partial charge in [-0.25, -0.2) is 4.98 Å². The Hall–Kier alpha value is -2.33.